The zero-order valence-electron chi connectivity index (χ0n) is 10.0. The Kier molecular flexibility index (Phi) is 5.60. The van der Waals surface area contributed by atoms with Gasteiger partial charge in [0.15, 0.2) is 0 Å². The third-order valence-electron chi connectivity index (χ3n) is 2.04. The van der Waals surface area contributed by atoms with Crippen molar-refractivity contribution in [3.05, 3.63) is 0 Å². The Balaban J connectivity index is 4.22. The van der Waals surface area contributed by atoms with E-state index in [9.17, 15) is 14.4 Å². The van der Waals surface area contributed by atoms with Gasteiger partial charge in [-0.05, 0) is 20.3 Å². The van der Waals surface area contributed by atoms with Crippen LogP contribution in [0.1, 0.15) is 33.1 Å². The van der Waals surface area contributed by atoms with Crippen molar-refractivity contribution in [3.8, 4) is 0 Å². The molecule has 0 aliphatic heterocycles. The fourth-order valence-corrected chi connectivity index (χ4v) is 1.10. The topological polar surface area (TPSA) is 136 Å². The van der Waals surface area contributed by atoms with Gasteiger partial charge in [0.1, 0.15) is 6.04 Å². The number of amides is 2. The monoisotopic (exact) mass is 245 g/mol. The first kappa shape index (κ1) is 15.4. The maximum Gasteiger partial charge on any atom is 0.326 e. The first-order chi connectivity index (χ1) is 7.61. The van der Waals surface area contributed by atoms with E-state index >= 15 is 0 Å². The van der Waals surface area contributed by atoms with Gasteiger partial charge in [0.05, 0.1) is 6.42 Å². The molecule has 1 unspecified atom stereocenters. The number of aliphatic carboxylic acids is 1. The van der Waals surface area contributed by atoms with Gasteiger partial charge in [-0.1, -0.05) is 0 Å². The van der Waals surface area contributed by atoms with Crippen molar-refractivity contribution in [2.45, 2.75) is 44.7 Å². The van der Waals surface area contributed by atoms with E-state index in [0.29, 0.717) is 6.42 Å². The second-order valence-electron chi connectivity index (χ2n) is 4.62. The van der Waals surface area contributed by atoms with Crippen LogP contribution in [0.25, 0.3) is 0 Å². The Morgan fingerprint density at radius 2 is 1.88 bits per heavy atom. The van der Waals surface area contributed by atoms with Crippen molar-refractivity contribution in [1.29, 1.82) is 0 Å². The Hall–Kier alpha value is -1.63. The van der Waals surface area contributed by atoms with E-state index in [0.717, 1.165) is 0 Å². The number of carbonyl (C=O) groups is 3. The molecule has 0 aromatic rings. The number of nitrogens with one attached hydrogen (secondary N) is 1. The molecule has 0 aromatic heterocycles. The van der Waals surface area contributed by atoms with Gasteiger partial charge in [-0.25, -0.2) is 4.79 Å². The fraction of sp³-hybridized carbons (Fsp3) is 0.700. The summed E-state index contributed by atoms with van der Waals surface area (Å²) in [5, 5.41) is 11.0. The zero-order chi connectivity index (χ0) is 13.6. The Labute approximate surface area is 99.5 Å². The average Bonchev–Trinajstić information content (AvgIpc) is 2.11. The van der Waals surface area contributed by atoms with Crippen LogP contribution < -0.4 is 16.8 Å². The van der Waals surface area contributed by atoms with Crippen LogP contribution in [-0.2, 0) is 14.4 Å². The largest absolute Gasteiger partial charge is 0.480 e. The number of hydrogen-bond donors (Lipinski definition) is 4. The van der Waals surface area contributed by atoms with Crippen LogP contribution in [0, 0.1) is 0 Å². The molecule has 0 rings (SSSR count). The summed E-state index contributed by atoms with van der Waals surface area (Å²) in [6.45, 7) is 3.52. The quantitative estimate of drug-likeness (QED) is 0.453. The lowest BCUT2D eigenvalue weighted by Crippen LogP contribution is -2.44. The molecule has 0 spiro atoms. The molecule has 0 radical (unpaired) electrons. The number of primary amides is 1. The lowest BCUT2D eigenvalue weighted by atomic mass is 10.00. The smallest absolute Gasteiger partial charge is 0.326 e. The lowest BCUT2D eigenvalue weighted by molar-refractivity contribution is -0.143. The van der Waals surface area contributed by atoms with Crippen LogP contribution in [0.15, 0.2) is 0 Å². The summed E-state index contributed by atoms with van der Waals surface area (Å²) in [7, 11) is 0. The Bertz CT molecular complexity index is 309. The minimum atomic E-state index is -1.29. The second-order valence-corrected chi connectivity index (χ2v) is 4.62. The summed E-state index contributed by atoms with van der Waals surface area (Å²) in [6, 6.07) is -1.28. The first-order valence-electron chi connectivity index (χ1n) is 5.21. The number of hydrogen-bond acceptors (Lipinski definition) is 4. The lowest BCUT2D eigenvalue weighted by Gasteiger charge is -2.18. The van der Waals surface area contributed by atoms with E-state index in [1.54, 1.807) is 13.8 Å². The minimum absolute atomic E-state index is 0.103. The number of carboxylic acid groups (broad SMARTS) is 1. The minimum Gasteiger partial charge on any atom is -0.480 e. The summed E-state index contributed by atoms with van der Waals surface area (Å²) in [4.78, 5) is 32.7. The third-order valence-corrected chi connectivity index (χ3v) is 2.04. The summed E-state index contributed by atoms with van der Waals surface area (Å²) in [5.74, 6) is -2.53. The van der Waals surface area contributed by atoms with Crippen LogP contribution in [0.5, 0.6) is 0 Å². The molecule has 2 amide bonds. The molecule has 0 fully saturated rings. The van der Waals surface area contributed by atoms with Gasteiger partial charge in [-0.2, -0.15) is 0 Å². The molecule has 0 saturated heterocycles. The third kappa shape index (κ3) is 8.21. The summed E-state index contributed by atoms with van der Waals surface area (Å²) >= 11 is 0. The molecule has 0 heterocycles. The molecule has 0 aliphatic rings. The van der Waals surface area contributed by atoms with E-state index in [-0.39, 0.29) is 6.42 Å². The summed E-state index contributed by atoms with van der Waals surface area (Å²) in [5.41, 5.74) is 10.1. The van der Waals surface area contributed by atoms with Crippen molar-refractivity contribution in [3.63, 3.8) is 0 Å². The van der Waals surface area contributed by atoms with Crippen LogP contribution >= 0.6 is 0 Å². The van der Waals surface area contributed by atoms with Gasteiger partial charge in [0, 0.05) is 12.0 Å². The molecule has 0 aliphatic carbocycles. The van der Waals surface area contributed by atoms with Crippen LogP contribution in [0.4, 0.5) is 0 Å². The molecular formula is C10H19N3O4. The molecule has 6 N–H and O–H groups in total. The van der Waals surface area contributed by atoms with Crippen LogP contribution in [0.3, 0.4) is 0 Å². The van der Waals surface area contributed by atoms with Gasteiger partial charge in [-0.3, -0.25) is 9.59 Å². The average molecular weight is 245 g/mol. The van der Waals surface area contributed by atoms with Gasteiger partial charge in [0.25, 0.3) is 0 Å². The summed E-state index contributed by atoms with van der Waals surface area (Å²) in [6.07, 6.45) is 0.0981. The molecule has 17 heavy (non-hydrogen) atoms. The van der Waals surface area contributed by atoms with Crippen molar-refractivity contribution < 1.29 is 19.5 Å². The number of carboxylic acids is 1. The predicted octanol–water partition coefficient (Wildman–Crippen LogP) is -1.05. The number of nitrogens with two attached hydrogens (primary N) is 2. The maximum atomic E-state index is 11.4. The highest BCUT2D eigenvalue weighted by molar-refractivity contribution is 5.88. The van der Waals surface area contributed by atoms with Crippen LogP contribution in [0.2, 0.25) is 0 Å². The standard InChI is InChI=1S/C10H19N3O4/c1-10(2,12)4-3-8(15)13-6(9(16)17)5-7(11)14/h6H,3-5,12H2,1-2H3,(H2,11,14)(H,13,15)(H,16,17). The van der Waals surface area contributed by atoms with Crippen molar-refractivity contribution in [2.24, 2.45) is 11.5 Å². The highest BCUT2D eigenvalue weighted by atomic mass is 16.4. The first-order valence-corrected chi connectivity index (χ1v) is 5.21. The highest BCUT2D eigenvalue weighted by Gasteiger charge is 2.22. The molecule has 0 saturated carbocycles. The normalized spacial score (nSPS) is 12.9. The van der Waals surface area contributed by atoms with Crippen molar-refractivity contribution >= 4 is 17.8 Å². The van der Waals surface area contributed by atoms with E-state index in [2.05, 4.69) is 5.32 Å². The van der Waals surface area contributed by atoms with E-state index in [1.165, 1.54) is 0 Å². The van der Waals surface area contributed by atoms with Crippen molar-refractivity contribution in [1.82, 2.24) is 5.32 Å². The molecule has 98 valence electrons. The van der Waals surface area contributed by atoms with Gasteiger partial charge in [-0.15, -0.1) is 0 Å². The molecule has 0 bridgehead atoms. The summed E-state index contributed by atoms with van der Waals surface area (Å²) < 4.78 is 0. The highest BCUT2D eigenvalue weighted by Crippen LogP contribution is 2.07. The maximum absolute atomic E-state index is 11.4. The molecular weight excluding hydrogens is 226 g/mol. The van der Waals surface area contributed by atoms with E-state index in [1.807, 2.05) is 0 Å². The Morgan fingerprint density at radius 3 is 2.24 bits per heavy atom. The van der Waals surface area contributed by atoms with E-state index < -0.39 is 35.8 Å². The second kappa shape index (κ2) is 6.19. The zero-order valence-corrected chi connectivity index (χ0v) is 10.0. The predicted molar refractivity (Wildman–Crippen MR) is 60.9 cm³/mol. The van der Waals surface area contributed by atoms with Gasteiger partial charge in [0.2, 0.25) is 11.8 Å². The number of carbonyl (C=O) groups excluding carboxylic acids is 2. The van der Waals surface area contributed by atoms with Gasteiger partial charge >= 0.3 is 5.97 Å². The van der Waals surface area contributed by atoms with E-state index in [4.69, 9.17) is 16.6 Å². The molecule has 7 nitrogen and oxygen atoms in total. The fourth-order valence-electron chi connectivity index (χ4n) is 1.10. The van der Waals surface area contributed by atoms with Crippen molar-refractivity contribution in [2.75, 3.05) is 0 Å². The number of rotatable bonds is 7. The molecule has 7 heteroatoms. The van der Waals surface area contributed by atoms with Gasteiger partial charge < -0.3 is 21.9 Å². The Morgan fingerprint density at radius 1 is 1.35 bits per heavy atom. The van der Waals surface area contributed by atoms with Crippen LogP contribution in [-0.4, -0.2) is 34.5 Å². The molecule has 1 atom stereocenters. The SMILES string of the molecule is CC(C)(N)CCC(=O)NC(CC(N)=O)C(=O)O. The molecule has 0 aromatic carbocycles.